The van der Waals surface area contributed by atoms with E-state index in [1.807, 2.05) is 20.0 Å². The topological polar surface area (TPSA) is 136 Å². The number of nitrogens with one attached hydrogen (secondary N) is 1. The largest absolute Gasteiger partial charge is 0.443 e. The number of carbonyl (C=O) groups is 2. The molecule has 1 aliphatic rings. The lowest BCUT2D eigenvalue weighted by Crippen LogP contribution is -2.44. The van der Waals surface area contributed by atoms with Crippen LogP contribution in [0.2, 0.25) is 0 Å². The molecule has 0 aromatic carbocycles. The number of fused-ring (bicyclic) bond motifs is 1. The Bertz CT molecular complexity index is 1530. The Morgan fingerprint density at radius 3 is 2.32 bits per heavy atom. The number of imidazole rings is 1. The fourth-order valence-corrected chi connectivity index (χ4v) is 4.99. The third-order valence-electron chi connectivity index (χ3n) is 6.57. The van der Waals surface area contributed by atoms with Crippen LogP contribution in [-0.4, -0.2) is 44.0 Å². The Kier molecular flexibility index (Phi) is 10.0. The van der Waals surface area contributed by atoms with Crippen LogP contribution in [0, 0.1) is 13.8 Å². The van der Waals surface area contributed by atoms with Gasteiger partial charge >= 0.3 is 12.2 Å². The van der Waals surface area contributed by atoms with Gasteiger partial charge < -0.3 is 19.6 Å². The van der Waals surface area contributed by atoms with Crippen LogP contribution in [0.25, 0.3) is 5.65 Å². The van der Waals surface area contributed by atoms with Gasteiger partial charge in [-0.1, -0.05) is 6.07 Å². The second-order valence-corrected chi connectivity index (χ2v) is 13.8. The van der Waals surface area contributed by atoms with Crippen LogP contribution in [-0.2, 0) is 22.6 Å². The predicted octanol–water partition coefficient (Wildman–Crippen LogP) is 6.71. The molecule has 2 amide bonds. The first-order valence-electron chi connectivity index (χ1n) is 14.7. The molecule has 4 rings (SSSR count). The highest BCUT2D eigenvalue weighted by Gasteiger charge is 2.34. The first-order chi connectivity index (χ1) is 20.6. The van der Waals surface area contributed by atoms with Gasteiger partial charge in [-0.3, -0.25) is 9.71 Å². The number of hydrogen-bond acceptors (Lipinski definition) is 10. The number of rotatable bonds is 9. The number of nitrogens with zero attached hydrogens (tertiary/aromatic N) is 5. The summed E-state index contributed by atoms with van der Waals surface area (Å²) in [7, 11) is 0. The zero-order valence-electron chi connectivity index (χ0n) is 26.8. The van der Waals surface area contributed by atoms with Crippen molar-refractivity contribution >= 4 is 41.8 Å². The van der Waals surface area contributed by atoms with Crippen LogP contribution >= 0.6 is 11.9 Å². The van der Waals surface area contributed by atoms with Gasteiger partial charge in [0, 0.05) is 37.0 Å². The zero-order chi connectivity index (χ0) is 32.2. The Balaban J connectivity index is 1.39. The van der Waals surface area contributed by atoms with Crippen molar-refractivity contribution < 1.29 is 19.1 Å². The van der Waals surface area contributed by atoms with Crippen molar-refractivity contribution in [3.8, 4) is 0 Å². The van der Waals surface area contributed by atoms with Gasteiger partial charge in [0.1, 0.15) is 22.7 Å². The maximum atomic E-state index is 13.0. The van der Waals surface area contributed by atoms with Crippen LogP contribution in [0.5, 0.6) is 0 Å². The van der Waals surface area contributed by atoms with Gasteiger partial charge in [0.15, 0.2) is 0 Å². The molecule has 3 N–H and O–H groups in total. The van der Waals surface area contributed by atoms with Crippen LogP contribution in [0.3, 0.4) is 0 Å². The van der Waals surface area contributed by atoms with Crippen LogP contribution in [0.15, 0.2) is 46.7 Å². The van der Waals surface area contributed by atoms with E-state index in [9.17, 15) is 9.59 Å². The summed E-state index contributed by atoms with van der Waals surface area (Å²) in [5.74, 6) is 0.820. The van der Waals surface area contributed by atoms with Crippen LogP contribution < -0.4 is 15.4 Å². The highest BCUT2D eigenvalue weighted by atomic mass is 32.2. The minimum atomic E-state index is -0.858. The lowest BCUT2D eigenvalue weighted by molar-refractivity contribution is 0.0429. The third-order valence-corrected chi connectivity index (χ3v) is 7.34. The zero-order valence-corrected chi connectivity index (χ0v) is 27.6. The molecule has 0 unspecified atom stereocenters. The lowest BCUT2D eigenvalue weighted by atomic mass is 10.1. The fourth-order valence-electron chi connectivity index (χ4n) is 4.42. The second kappa shape index (κ2) is 13.4. The summed E-state index contributed by atoms with van der Waals surface area (Å²) in [5, 5.41) is 0. The van der Waals surface area contributed by atoms with E-state index in [1.54, 1.807) is 53.8 Å². The van der Waals surface area contributed by atoms with Crippen molar-refractivity contribution in [2.75, 3.05) is 4.90 Å². The number of nitrogens with two attached hydrogens (primary N) is 1. The highest BCUT2D eigenvalue weighted by molar-refractivity contribution is 8.02. The van der Waals surface area contributed by atoms with Crippen LogP contribution in [0.4, 0.5) is 15.4 Å². The average Bonchev–Trinajstić information content (AvgIpc) is 3.66. The van der Waals surface area contributed by atoms with E-state index in [2.05, 4.69) is 42.4 Å². The third kappa shape index (κ3) is 9.06. The maximum absolute atomic E-state index is 13.0. The second-order valence-electron chi connectivity index (χ2n) is 12.9. The van der Waals surface area contributed by atoms with E-state index < -0.39 is 23.4 Å². The maximum Gasteiger partial charge on any atom is 0.425 e. The van der Waals surface area contributed by atoms with E-state index in [1.165, 1.54) is 36.6 Å². The van der Waals surface area contributed by atoms with Gasteiger partial charge in [-0.25, -0.2) is 19.6 Å². The van der Waals surface area contributed by atoms with Crippen molar-refractivity contribution in [3.63, 3.8) is 0 Å². The summed E-state index contributed by atoms with van der Waals surface area (Å²) >= 11 is 1.34. The molecule has 0 bridgehead atoms. The van der Waals surface area contributed by atoms with E-state index >= 15 is 0 Å². The van der Waals surface area contributed by atoms with Gasteiger partial charge in [0.25, 0.3) is 0 Å². The number of hydrogen-bond donors (Lipinski definition) is 2. The van der Waals surface area contributed by atoms with E-state index in [0.717, 1.165) is 32.3 Å². The first kappa shape index (κ1) is 33.0. The molecule has 236 valence electrons. The number of ether oxygens (including phenoxy) is 2. The first-order valence-corrected chi connectivity index (χ1v) is 15.5. The molecule has 11 nitrogen and oxygen atoms in total. The number of aromatic nitrogens is 3. The summed E-state index contributed by atoms with van der Waals surface area (Å²) in [6.45, 7) is 15.0. The number of imide groups is 1. The van der Waals surface area contributed by atoms with Crippen LogP contribution in [0.1, 0.15) is 88.4 Å². The molecule has 0 atom stereocenters. The molecule has 0 aliphatic heterocycles. The number of aryl methyl sites for hydroxylation is 2. The van der Waals surface area contributed by atoms with E-state index in [-0.39, 0.29) is 5.82 Å². The molecule has 3 heterocycles. The molecular formula is C32H43N7O4S. The van der Waals surface area contributed by atoms with Crippen molar-refractivity contribution in [1.29, 1.82) is 0 Å². The molecule has 1 aliphatic carbocycles. The quantitative estimate of drug-likeness (QED) is 0.197. The van der Waals surface area contributed by atoms with Gasteiger partial charge in [0.05, 0.1) is 17.1 Å². The normalized spacial score (nSPS) is 14.3. The number of pyridine rings is 2. The monoisotopic (exact) mass is 621 g/mol. The molecule has 0 radical (unpaired) electrons. The predicted molar refractivity (Wildman–Crippen MR) is 175 cm³/mol. The molecular weight excluding hydrogens is 578 g/mol. The summed E-state index contributed by atoms with van der Waals surface area (Å²) in [6, 6.07) is 5.89. The molecule has 44 heavy (non-hydrogen) atoms. The molecule has 3 aromatic rings. The van der Waals surface area contributed by atoms with Crippen molar-refractivity contribution in [2.45, 2.75) is 98.4 Å². The number of allylic oxidation sites excluding steroid dienone is 1. The molecule has 3 aromatic heterocycles. The van der Waals surface area contributed by atoms with Gasteiger partial charge in [-0.05, 0) is 115 Å². The standard InChI is InChI=1S/C32H43N7O4S/c1-20-13-28(39(29(40)42-31(3,4)5)30(41)43-32(6,7)8)36-21(2)26(20)17-35-44-25(14-33)16-34-15-24-19-38-18-23(22-9-10-22)11-12-27(38)37-24/h11-14,16,18-19,22,35H,9-10,15,17,33H2,1-8H3. The average molecular weight is 622 g/mol. The van der Waals surface area contributed by atoms with Gasteiger partial charge in [-0.2, -0.15) is 4.90 Å². The van der Waals surface area contributed by atoms with E-state index in [4.69, 9.17) is 15.2 Å². The lowest BCUT2D eigenvalue weighted by Gasteiger charge is -2.28. The van der Waals surface area contributed by atoms with Crippen molar-refractivity contribution in [2.24, 2.45) is 10.7 Å². The fraction of sp³-hybridized carbons (Fsp3) is 0.469. The number of anilines is 1. The Morgan fingerprint density at radius 2 is 1.75 bits per heavy atom. The highest BCUT2D eigenvalue weighted by Crippen LogP contribution is 2.39. The number of amides is 2. The molecule has 0 saturated heterocycles. The smallest absolute Gasteiger partial charge is 0.425 e. The summed E-state index contributed by atoms with van der Waals surface area (Å²) in [6.07, 6.45) is 8.20. The number of carbonyl (C=O) groups excluding carboxylic acids is 2. The minimum absolute atomic E-state index is 0.130. The summed E-state index contributed by atoms with van der Waals surface area (Å²) in [4.78, 5) is 41.4. The SMILES string of the molecule is Cc1cc(N(C(=O)OC(C)(C)C)C(=O)OC(C)(C)C)nc(C)c1CNSC(C=NCc1cn2cc(C3CC3)ccc2n1)=CN. The van der Waals surface area contributed by atoms with Crippen molar-refractivity contribution in [1.82, 2.24) is 19.1 Å². The molecule has 1 fully saturated rings. The summed E-state index contributed by atoms with van der Waals surface area (Å²) < 4.78 is 16.4. The number of aliphatic imine (C=N–C) groups is 1. The Morgan fingerprint density at radius 1 is 1.09 bits per heavy atom. The molecule has 1 saturated carbocycles. The Labute approximate surface area is 263 Å². The van der Waals surface area contributed by atoms with E-state index in [0.29, 0.717) is 24.7 Å². The van der Waals surface area contributed by atoms with Gasteiger partial charge in [-0.15, -0.1) is 0 Å². The Hall–Kier alpha value is -3.90. The minimum Gasteiger partial charge on any atom is -0.443 e. The molecule has 0 spiro atoms. The van der Waals surface area contributed by atoms with Gasteiger partial charge in [0.2, 0.25) is 0 Å². The van der Waals surface area contributed by atoms with Crippen molar-refractivity contribution in [3.05, 3.63) is 69.8 Å². The molecule has 12 heteroatoms. The summed E-state index contributed by atoms with van der Waals surface area (Å²) in [5.41, 5.74) is 9.79.